The van der Waals surface area contributed by atoms with Crippen molar-refractivity contribution in [2.75, 3.05) is 13.1 Å². The van der Waals surface area contributed by atoms with Crippen molar-refractivity contribution in [1.82, 2.24) is 9.88 Å². The standard InChI is InChI=1S/C13H15BrN2OS/c14-12-2-1-7-16(13(12)17)8-6-15-5-3-11-4-9-18-10-11/h1-2,4,7,9-10,15H,3,5-6,8H2. The van der Waals surface area contributed by atoms with E-state index in [4.69, 9.17) is 0 Å². The molecule has 0 spiro atoms. The predicted molar refractivity (Wildman–Crippen MR) is 79.3 cm³/mol. The van der Waals surface area contributed by atoms with Gasteiger partial charge in [0.25, 0.3) is 5.56 Å². The lowest BCUT2D eigenvalue weighted by Crippen LogP contribution is -2.27. The van der Waals surface area contributed by atoms with Crippen molar-refractivity contribution in [3.8, 4) is 0 Å². The van der Waals surface area contributed by atoms with Gasteiger partial charge < -0.3 is 9.88 Å². The van der Waals surface area contributed by atoms with Crippen molar-refractivity contribution >= 4 is 27.3 Å². The first kappa shape index (κ1) is 13.5. The molecule has 0 aromatic carbocycles. The van der Waals surface area contributed by atoms with Gasteiger partial charge >= 0.3 is 0 Å². The highest BCUT2D eigenvalue weighted by atomic mass is 79.9. The molecule has 96 valence electrons. The first-order valence-electron chi connectivity index (χ1n) is 5.84. The summed E-state index contributed by atoms with van der Waals surface area (Å²) in [7, 11) is 0. The van der Waals surface area contributed by atoms with Crippen LogP contribution in [0.3, 0.4) is 0 Å². The van der Waals surface area contributed by atoms with Crippen LogP contribution in [0, 0.1) is 0 Å². The van der Waals surface area contributed by atoms with Crippen LogP contribution in [0.25, 0.3) is 0 Å². The largest absolute Gasteiger partial charge is 0.315 e. The number of thiophene rings is 1. The lowest BCUT2D eigenvalue weighted by molar-refractivity contribution is 0.585. The minimum absolute atomic E-state index is 0.0251. The summed E-state index contributed by atoms with van der Waals surface area (Å²) in [5.41, 5.74) is 1.39. The molecule has 2 heterocycles. The number of nitrogens with zero attached hydrogens (tertiary/aromatic N) is 1. The molecular weight excluding hydrogens is 312 g/mol. The predicted octanol–water partition coefficient (Wildman–Crippen LogP) is 2.50. The number of rotatable bonds is 6. The minimum atomic E-state index is 0.0251. The van der Waals surface area contributed by atoms with Crippen LogP contribution in [-0.4, -0.2) is 17.7 Å². The van der Waals surface area contributed by atoms with E-state index >= 15 is 0 Å². The Morgan fingerprint density at radius 2 is 2.22 bits per heavy atom. The second kappa shape index (κ2) is 6.87. The van der Waals surface area contributed by atoms with Gasteiger partial charge in [-0.05, 0) is 63.4 Å². The summed E-state index contributed by atoms with van der Waals surface area (Å²) in [6, 6.07) is 5.78. The summed E-state index contributed by atoms with van der Waals surface area (Å²) >= 11 is 4.97. The summed E-state index contributed by atoms with van der Waals surface area (Å²) < 4.78 is 2.32. The highest BCUT2D eigenvalue weighted by Crippen LogP contribution is 2.05. The molecule has 2 aromatic heterocycles. The van der Waals surface area contributed by atoms with Gasteiger partial charge in [0.05, 0.1) is 4.47 Å². The van der Waals surface area contributed by atoms with Gasteiger partial charge in [-0.3, -0.25) is 4.79 Å². The number of aromatic nitrogens is 1. The summed E-state index contributed by atoms with van der Waals surface area (Å²) in [4.78, 5) is 11.7. The highest BCUT2D eigenvalue weighted by Gasteiger charge is 1.99. The number of hydrogen-bond donors (Lipinski definition) is 1. The van der Waals surface area contributed by atoms with Crippen LogP contribution in [-0.2, 0) is 13.0 Å². The van der Waals surface area contributed by atoms with E-state index in [9.17, 15) is 4.79 Å². The van der Waals surface area contributed by atoms with Crippen LogP contribution in [0.15, 0.2) is 44.4 Å². The SMILES string of the molecule is O=c1c(Br)cccn1CCNCCc1ccsc1. The van der Waals surface area contributed by atoms with Crippen molar-refractivity contribution in [3.63, 3.8) is 0 Å². The van der Waals surface area contributed by atoms with Crippen LogP contribution in [0.5, 0.6) is 0 Å². The quantitative estimate of drug-likeness (QED) is 0.827. The zero-order chi connectivity index (χ0) is 12.8. The molecule has 2 rings (SSSR count). The molecule has 0 radical (unpaired) electrons. The lowest BCUT2D eigenvalue weighted by atomic mass is 10.2. The Bertz CT molecular complexity index is 536. The summed E-state index contributed by atoms with van der Waals surface area (Å²) in [6.45, 7) is 2.45. The van der Waals surface area contributed by atoms with Crippen molar-refractivity contribution in [1.29, 1.82) is 0 Å². The molecular formula is C13H15BrN2OS. The van der Waals surface area contributed by atoms with Gasteiger partial charge in [0, 0.05) is 19.3 Å². The maximum Gasteiger partial charge on any atom is 0.264 e. The van der Waals surface area contributed by atoms with Gasteiger partial charge in [0.1, 0.15) is 0 Å². The zero-order valence-corrected chi connectivity index (χ0v) is 12.3. The molecule has 3 nitrogen and oxygen atoms in total. The monoisotopic (exact) mass is 326 g/mol. The molecule has 0 aliphatic rings. The zero-order valence-electron chi connectivity index (χ0n) is 9.93. The molecule has 0 amide bonds. The molecule has 0 saturated carbocycles. The molecule has 0 unspecified atom stereocenters. The second-order valence-electron chi connectivity index (χ2n) is 3.99. The van der Waals surface area contributed by atoms with E-state index in [-0.39, 0.29) is 5.56 Å². The van der Waals surface area contributed by atoms with E-state index in [0.29, 0.717) is 11.0 Å². The molecule has 0 bridgehead atoms. The Morgan fingerprint density at radius 3 is 3.00 bits per heavy atom. The van der Waals surface area contributed by atoms with Gasteiger partial charge in [-0.25, -0.2) is 0 Å². The number of halogens is 1. The fourth-order valence-corrected chi connectivity index (χ4v) is 2.76. The normalized spacial score (nSPS) is 10.7. The van der Waals surface area contributed by atoms with E-state index in [1.54, 1.807) is 22.0 Å². The number of nitrogens with one attached hydrogen (secondary N) is 1. The third-order valence-electron chi connectivity index (χ3n) is 2.67. The molecule has 2 aromatic rings. The van der Waals surface area contributed by atoms with E-state index in [0.717, 1.165) is 19.5 Å². The molecule has 0 atom stereocenters. The third-order valence-corrected chi connectivity index (χ3v) is 4.01. The Hall–Kier alpha value is -0.910. The van der Waals surface area contributed by atoms with Crippen LogP contribution in [0.1, 0.15) is 5.56 Å². The summed E-state index contributed by atoms with van der Waals surface area (Å²) in [5, 5.41) is 7.61. The van der Waals surface area contributed by atoms with E-state index in [2.05, 4.69) is 38.1 Å². The molecule has 5 heteroatoms. The first-order chi connectivity index (χ1) is 8.77. The topological polar surface area (TPSA) is 34.0 Å². The third kappa shape index (κ3) is 3.80. The first-order valence-corrected chi connectivity index (χ1v) is 7.58. The van der Waals surface area contributed by atoms with E-state index in [1.165, 1.54) is 5.56 Å². The minimum Gasteiger partial charge on any atom is -0.315 e. The number of hydrogen-bond acceptors (Lipinski definition) is 3. The van der Waals surface area contributed by atoms with Crippen molar-refractivity contribution in [2.45, 2.75) is 13.0 Å². The Balaban J connectivity index is 1.72. The summed E-state index contributed by atoms with van der Waals surface area (Å²) in [6.07, 6.45) is 2.85. The van der Waals surface area contributed by atoms with E-state index in [1.807, 2.05) is 12.3 Å². The average molecular weight is 327 g/mol. The lowest BCUT2D eigenvalue weighted by Gasteiger charge is -2.07. The van der Waals surface area contributed by atoms with E-state index < -0.39 is 0 Å². The molecule has 0 aliphatic heterocycles. The maximum absolute atomic E-state index is 11.7. The smallest absolute Gasteiger partial charge is 0.264 e. The molecule has 0 saturated heterocycles. The van der Waals surface area contributed by atoms with Gasteiger partial charge in [0.2, 0.25) is 0 Å². The van der Waals surface area contributed by atoms with Gasteiger partial charge in [-0.2, -0.15) is 11.3 Å². The average Bonchev–Trinajstić information content (AvgIpc) is 2.87. The number of pyridine rings is 1. The van der Waals surface area contributed by atoms with Crippen LogP contribution < -0.4 is 10.9 Å². The maximum atomic E-state index is 11.7. The Labute approximate surface area is 119 Å². The Kier molecular flexibility index (Phi) is 5.16. The van der Waals surface area contributed by atoms with Crippen molar-refractivity contribution < 1.29 is 0 Å². The van der Waals surface area contributed by atoms with Gasteiger partial charge in [-0.15, -0.1) is 0 Å². The van der Waals surface area contributed by atoms with Crippen molar-refractivity contribution in [3.05, 3.63) is 55.5 Å². The van der Waals surface area contributed by atoms with Crippen LogP contribution in [0.2, 0.25) is 0 Å². The molecule has 0 aliphatic carbocycles. The van der Waals surface area contributed by atoms with Crippen LogP contribution in [0.4, 0.5) is 0 Å². The molecule has 1 N–H and O–H groups in total. The highest BCUT2D eigenvalue weighted by molar-refractivity contribution is 9.10. The molecule has 0 fully saturated rings. The fraction of sp³-hybridized carbons (Fsp3) is 0.308. The summed E-state index contributed by atoms with van der Waals surface area (Å²) in [5.74, 6) is 0. The van der Waals surface area contributed by atoms with Crippen LogP contribution >= 0.6 is 27.3 Å². The van der Waals surface area contributed by atoms with Crippen molar-refractivity contribution in [2.24, 2.45) is 0 Å². The second-order valence-corrected chi connectivity index (χ2v) is 5.62. The fourth-order valence-electron chi connectivity index (χ4n) is 1.68. The Morgan fingerprint density at radius 1 is 1.33 bits per heavy atom. The van der Waals surface area contributed by atoms with Gasteiger partial charge in [0.15, 0.2) is 0 Å². The molecule has 18 heavy (non-hydrogen) atoms. The van der Waals surface area contributed by atoms with Gasteiger partial charge in [-0.1, -0.05) is 0 Å².